The molecule has 0 aliphatic rings. The van der Waals surface area contributed by atoms with Crippen molar-refractivity contribution in [2.75, 3.05) is 0 Å². The summed E-state index contributed by atoms with van der Waals surface area (Å²) in [6.45, 7) is 0. The molecule has 2 aromatic carbocycles. The highest BCUT2D eigenvalue weighted by Crippen LogP contribution is 2.36. The third-order valence-electron chi connectivity index (χ3n) is 2.99. The summed E-state index contributed by atoms with van der Waals surface area (Å²) in [6.07, 6.45) is 0.396. The molecule has 0 amide bonds. The van der Waals surface area contributed by atoms with Gasteiger partial charge in [-0.3, -0.25) is 5.41 Å². The lowest BCUT2D eigenvalue weighted by atomic mass is 9.88. The van der Waals surface area contributed by atoms with Crippen molar-refractivity contribution >= 4 is 29.0 Å². The van der Waals surface area contributed by atoms with E-state index in [0.717, 1.165) is 11.1 Å². The fourth-order valence-electron chi connectivity index (χ4n) is 2.12. The number of hydrogen-bond acceptors (Lipinski definition) is 1. The molecular weight excluding hydrogens is 279 g/mol. The smallest absolute Gasteiger partial charge is 0.0914 e. The summed E-state index contributed by atoms with van der Waals surface area (Å²) in [5, 5.41) is 8.88. The molecule has 2 nitrogen and oxygen atoms in total. The van der Waals surface area contributed by atoms with Crippen LogP contribution in [0.2, 0.25) is 10.0 Å². The first kappa shape index (κ1) is 13.9. The van der Waals surface area contributed by atoms with Crippen LogP contribution in [0.4, 0.5) is 0 Å². The Morgan fingerprint density at radius 1 is 0.947 bits per heavy atom. The van der Waals surface area contributed by atoms with Crippen molar-refractivity contribution < 1.29 is 0 Å². The van der Waals surface area contributed by atoms with Crippen LogP contribution >= 0.6 is 23.2 Å². The van der Waals surface area contributed by atoms with E-state index in [4.69, 9.17) is 34.3 Å². The summed E-state index contributed by atoms with van der Waals surface area (Å²) in [5.41, 5.74) is 7.44. The number of nitrogens with one attached hydrogen (secondary N) is 1. The summed E-state index contributed by atoms with van der Waals surface area (Å²) in [6, 6.07) is 15.2. The molecule has 0 bridgehead atoms. The first-order valence-corrected chi connectivity index (χ1v) is 6.67. The van der Waals surface area contributed by atoms with E-state index in [-0.39, 0.29) is 11.8 Å². The Morgan fingerprint density at radius 3 is 1.74 bits per heavy atom. The summed E-state index contributed by atoms with van der Waals surface area (Å²) in [4.78, 5) is 0. The summed E-state index contributed by atoms with van der Waals surface area (Å²) in [5.74, 6) is 0.0183. The second-order valence-corrected chi connectivity index (χ2v) is 5.14. The molecule has 3 N–H and O–H groups in total. The highest BCUT2D eigenvalue weighted by atomic mass is 35.5. The molecule has 0 aliphatic heterocycles. The Bertz CT molecular complexity index is 551. The number of hydrogen-bond donors (Lipinski definition) is 2. The van der Waals surface area contributed by atoms with Crippen molar-refractivity contribution in [3.63, 3.8) is 0 Å². The Kier molecular flexibility index (Phi) is 4.46. The number of rotatable bonds is 4. The van der Waals surface area contributed by atoms with Crippen LogP contribution in [0.3, 0.4) is 0 Å². The maximum absolute atomic E-state index is 7.56. The van der Waals surface area contributed by atoms with E-state index in [0.29, 0.717) is 16.5 Å². The molecule has 2 rings (SSSR count). The first-order chi connectivity index (χ1) is 9.09. The minimum absolute atomic E-state index is 0.0973. The Balaban J connectivity index is 2.51. The van der Waals surface area contributed by atoms with Gasteiger partial charge in [0, 0.05) is 22.4 Å². The van der Waals surface area contributed by atoms with Gasteiger partial charge in [-0.25, -0.2) is 0 Å². The van der Waals surface area contributed by atoms with Crippen LogP contribution in [0, 0.1) is 5.41 Å². The lowest BCUT2D eigenvalue weighted by Gasteiger charge is -2.19. The Labute approximate surface area is 122 Å². The van der Waals surface area contributed by atoms with E-state index in [1.807, 2.05) is 48.5 Å². The van der Waals surface area contributed by atoms with Gasteiger partial charge in [0.15, 0.2) is 0 Å². The normalized spacial score (nSPS) is 10.7. The van der Waals surface area contributed by atoms with Crippen LogP contribution in [-0.4, -0.2) is 5.84 Å². The van der Waals surface area contributed by atoms with Crippen LogP contribution in [0.1, 0.15) is 23.5 Å². The molecule has 0 saturated carbocycles. The number of nitrogens with two attached hydrogens (primary N) is 1. The van der Waals surface area contributed by atoms with E-state index in [1.54, 1.807) is 0 Å². The zero-order chi connectivity index (χ0) is 13.8. The van der Waals surface area contributed by atoms with E-state index in [2.05, 4.69) is 0 Å². The zero-order valence-electron chi connectivity index (χ0n) is 10.2. The highest BCUT2D eigenvalue weighted by Gasteiger charge is 2.20. The third kappa shape index (κ3) is 3.28. The van der Waals surface area contributed by atoms with Crippen molar-refractivity contribution in [3.8, 4) is 0 Å². The molecule has 0 heterocycles. The van der Waals surface area contributed by atoms with Gasteiger partial charge in [0.2, 0.25) is 0 Å². The summed E-state index contributed by atoms with van der Waals surface area (Å²) >= 11 is 12.5. The second-order valence-electron chi connectivity index (χ2n) is 4.32. The lowest BCUT2D eigenvalue weighted by molar-refractivity contribution is 0.846. The quantitative estimate of drug-likeness (QED) is 0.635. The molecule has 0 spiro atoms. The van der Waals surface area contributed by atoms with Crippen molar-refractivity contribution in [1.29, 1.82) is 5.41 Å². The zero-order valence-corrected chi connectivity index (χ0v) is 11.7. The molecule has 0 aromatic heterocycles. The molecule has 0 saturated heterocycles. The monoisotopic (exact) mass is 292 g/mol. The molecule has 0 unspecified atom stereocenters. The molecular formula is C15H14Cl2N2. The standard InChI is InChI=1S/C15H14Cl2N2/c16-13-7-3-1-5-10(13)12(9-15(18)19)11-6-2-4-8-14(11)17/h1-8,12H,9H2,(H3,18,19). The topological polar surface area (TPSA) is 49.9 Å². The van der Waals surface area contributed by atoms with Gasteiger partial charge in [0.1, 0.15) is 0 Å². The van der Waals surface area contributed by atoms with Gasteiger partial charge in [-0.15, -0.1) is 0 Å². The fraction of sp³-hybridized carbons (Fsp3) is 0.133. The van der Waals surface area contributed by atoms with Crippen LogP contribution in [0.5, 0.6) is 0 Å². The summed E-state index contributed by atoms with van der Waals surface area (Å²) in [7, 11) is 0. The van der Waals surface area contributed by atoms with Gasteiger partial charge in [0.25, 0.3) is 0 Å². The fourth-order valence-corrected chi connectivity index (χ4v) is 2.66. The lowest BCUT2D eigenvalue weighted by Crippen LogP contribution is -2.16. The van der Waals surface area contributed by atoms with Crippen LogP contribution in [0.15, 0.2) is 48.5 Å². The predicted octanol–water partition coefficient (Wildman–Crippen LogP) is 4.45. The van der Waals surface area contributed by atoms with Gasteiger partial charge in [-0.1, -0.05) is 59.6 Å². The van der Waals surface area contributed by atoms with Gasteiger partial charge >= 0.3 is 0 Å². The number of amidine groups is 1. The van der Waals surface area contributed by atoms with Crippen molar-refractivity contribution in [2.24, 2.45) is 5.73 Å². The van der Waals surface area contributed by atoms with Gasteiger partial charge in [0.05, 0.1) is 5.84 Å². The Morgan fingerprint density at radius 2 is 1.37 bits per heavy atom. The molecule has 0 atom stereocenters. The summed E-state index contributed by atoms with van der Waals surface area (Å²) < 4.78 is 0. The number of benzene rings is 2. The maximum Gasteiger partial charge on any atom is 0.0914 e. The van der Waals surface area contributed by atoms with Crippen LogP contribution in [0.25, 0.3) is 0 Å². The van der Waals surface area contributed by atoms with Gasteiger partial charge in [-0.05, 0) is 23.3 Å². The molecule has 19 heavy (non-hydrogen) atoms. The minimum Gasteiger partial charge on any atom is -0.388 e. The molecule has 98 valence electrons. The number of halogens is 2. The first-order valence-electron chi connectivity index (χ1n) is 5.91. The molecule has 0 radical (unpaired) electrons. The van der Waals surface area contributed by atoms with Gasteiger partial charge in [-0.2, -0.15) is 0 Å². The molecule has 0 aliphatic carbocycles. The molecule has 2 aromatic rings. The largest absolute Gasteiger partial charge is 0.388 e. The average Bonchev–Trinajstić information content (AvgIpc) is 2.37. The second kappa shape index (κ2) is 6.09. The van der Waals surface area contributed by atoms with Crippen molar-refractivity contribution in [2.45, 2.75) is 12.3 Å². The minimum atomic E-state index is -0.0973. The van der Waals surface area contributed by atoms with Gasteiger partial charge < -0.3 is 5.73 Å². The third-order valence-corrected chi connectivity index (χ3v) is 3.67. The molecule has 4 heteroatoms. The predicted molar refractivity (Wildman–Crippen MR) is 81.3 cm³/mol. The Hall–Kier alpha value is -1.51. The van der Waals surface area contributed by atoms with Crippen molar-refractivity contribution in [1.82, 2.24) is 0 Å². The average molecular weight is 293 g/mol. The highest BCUT2D eigenvalue weighted by molar-refractivity contribution is 6.32. The van der Waals surface area contributed by atoms with E-state index >= 15 is 0 Å². The van der Waals surface area contributed by atoms with Crippen LogP contribution in [-0.2, 0) is 0 Å². The van der Waals surface area contributed by atoms with E-state index < -0.39 is 0 Å². The molecule has 0 fully saturated rings. The van der Waals surface area contributed by atoms with Crippen molar-refractivity contribution in [3.05, 3.63) is 69.7 Å². The SMILES string of the molecule is N=C(N)CC(c1ccccc1Cl)c1ccccc1Cl. The van der Waals surface area contributed by atoms with Crippen LogP contribution < -0.4 is 5.73 Å². The van der Waals surface area contributed by atoms with E-state index in [9.17, 15) is 0 Å². The van der Waals surface area contributed by atoms with E-state index in [1.165, 1.54) is 0 Å². The maximum atomic E-state index is 7.56.